The number of benzene rings is 3. The molecule has 0 aliphatic heterocycles. The van der Waals surface area contributed by atoms with Crippen LogP contribution in [0.5, 0.6) is 23.1 Å². The van der Waals surface area contributed by atoms with Crippen molar-refractivity contribution in [1.29, 1.82) is 0 Å². The van der Waals surface area contributed by atoms with Gasteiger partial charge in [0.05, 0.1) is 5.56 Å². The van der Waals surface area contributed by atoms with Crippen molar-refractivity contribution < 1.29 is 14.3 Å². The molecule has 3 N–H and O–H groups in total. The largest absolute Gasteiger partial charge is 0.457 e. The van der Waals surface area contributed by atoms with E-state index in [0.717, 1.165) is 11.3 Å². The summed E-state index contributed by atoms with van der Waals surface area (Å²) in [4.78, 5) is 22.6. The van der Waals surface area contributed by atoms with Gasteiger partial charge in [-0.2, -0.15) is 0 Å². The number of nitrogen functional groups attached to an aromatic ring is 1. The van der Waals surface area contributed by atoms with Crippen LogP contribution in [-0.4, -0.2) is 41.4 Å². The monoisotopic (exact) mass is 481 g/mol. The summed E-state index contributed by atoms with van der Waals surface area (Å²) in [6, 6.07) is 24.0. The predicted octanol–water partition coefficient (Wildman–Crippen LogP) is 5.37. The molecule has 4 rings (SSSR count). The van der Waals surface area contributed by atoms with Crippen molar-refractivity contribution in [1.82, 2.24) is 14.9 Å². The lowest BCUT2D eigenvalue weighted by molar-refractivity contribution is -0.111. The van der Waals surface area contributed by atoms with Crippen LogP contribution in [0, 0.1) is 0 Å². The molecule has 0 bridgehead atoms. The molecule has 0 aliphatic rings. The minimum Gasteiger partial charge on any atom is -0.457 e. The van der Waals surface area contributed by atoms with E-state index < -0.39 is 0 Å². The molecule has 1 amide bonds. The fourth-order valence-corrected chi connectivity index (χ4v) is 3.35. The van der Waals surface area contributed by atoms with Crippen LogP contribution in [-0.2, 0) is 4.79 Å². The van der Waals surface area contributed by atoms with Gasteiger partial charge in [0.15, 0.2) is 0 Å². The minimum atomic E-state index is -0.223. The first kappa shape index (κ1) is 24.4. The Labute approximate surface area is 210 Å². The van der Waals surface area contributed by atoms with E-state index in [1.165, 1.54) is 12.4 Å². The lowest BCUT2D eigenvalue weighted by Gasteiger charge is -2.13. The number of carbonyl (C=O) groups is 1. The molecule has 0 saturated heterocycles. The standard InChI is InChI=1S/C28H27N5O3/c1-33(2)17-7-12-25(34)32-21-8-6-11-24(18-21)36-28-26(27(29)30-19-31-28)20-13-15-23(16-14-20)35-22-9-4-3-5-10-22/h3-16,18-19H,17H2,1-2H3,(H,32,34)(H2,29,30,31). The molecule has 1 heterocycles. The van der Waals surface area contributed by atoms with E-state index in [4.69, 9.17) is 15.2 Å². The third kappa shape index (κ3) is 6.68. The summed E-state index contributed by atoms with van der Waals surface area (Å²) >= 11 is 0. The van der Waals surface area contributed by atoms with Crippen molar-refractivity contribution in [3.8, 4) is 34.3 Å². The average molecular weight is 482 g/mol. The highest BCUT2D eigenvalue weighted by Gasteiger charge is 2.15. The Morgan fingerprint density at radius 3 is 2.39 bits per heavy atom. The molecule has 36 heavy (non-hydrogen) atoms. The molecule has 0 saturated carbocycles. The molecule has 3 aromatic carbocycles. The number of hydrogen-bond acceptors (Lipinski definition) is 7. The van der Waals surface area contributed by atoms with Gasteiger partial charge >= 0.3 is 0 Å². The summed E-state index contributed by atoms with van der Waals surface area (Å²) in [7, 11) is 3.87. The number of amides is 1. The van der Waals surface area contributed by atoms with Crippen LogP contribution >= 0.6 is 0 Å². The van der Waals surface area contributed by atoms with E-state index in [0.29, 0.717) is 35.2 Å². The van der Waals surface area contributed by atoms with Crippen LogP contribution in [0.4, 0.5) is 11.5 Å². The molecule has 0 radical (unpaired) electrons. The van der Waals surface area contributed by atoms with E-state index in [1.54, 1.807) is 30.3 Å². The Hall–Kier alpha value is -4.69. The van der Waals surface area contributed by atoms with Gasteiger partial charge in [-0.3, -0.25) is 4.79 Å². The number of nitrogens with one attached hydrogen (secondary N) is 1. The maximum Gasteiger partial charge on any atom is 0.248 e. The van der Waals surface area contributed by atoms with E-state index in [2.05, 4.69) is 15.3 Å². The van der Waals surface area contributed by atoms with Gasteiger partial charge in [0, 0.05) is 24.4 Å². The molecule has 8 nitrogen and oxygen atoms in total. The molecular weight excluding hydrogens is 454 g/mol. The second-order valence-electron chi connectivity index (χ2n) is 8.16. The van der Waals surface area contributed by atoms with E-state index in [-0.39, 0.29) is 11.7 Å². The molecular formula is C28H27N5O3. The Kier molecular flexibility index (Phi) is 7.90. The Morgan fingerprint density at radius 2 is 1.64 bits per heavy atom. The number of aromatic nitrogens is 2. The summed E-state index contributed by atoms with van der Waals surface area (Å²) in [6.45, 7) is 0.674. The number of ether oxygens (including phenoxy) is 2. The molecule has 182 valence electrons. The predicted molar refractivity (Wildman–Crippen MR) is 141 cm³/mol. The number of likely N-dealkylation sites (N-methyl/N-ethyl adjacent to an activating group) is 1. The molecule has 0 atom stereocenters. The summed E-state index contributed by atoms with van der Waals surface area (Å²) in [5.41, 5.74) is 8.13. The maximum absolute atomic E-state index is 12.2. The van der Waals surface area contributed by atoms with Crippen LogP contribution in [0.1, 0.15) is 0 Å². The van der Waals surface area contributed by atoms with Crippen molar-refractivity contribution >= 4 is 17.4 Å². The van der Waals surface area contributed by atoms with E-state index in [9.17, 15) is 4.79 Å². The van der Waals surface area contributed by atoms with E-state index in [1.807, 2.05) is 73.6 Å². The zero-order valence-electron chi connectivity index (χ0n) is 20.1. The highest BCUT2D eigenvalue weighted by molar-refractivity contribution is 5.99. The van der Waals surface area contributed by atoms with Gasteiger partial charge in [-0.15, -0.1) is 0 Å². The number of carbonyl (C=O) groups excluding carboxylic acids is 1. The molecule has 0 fully saturated rings. The fraction of sp³-hybridized carbons (Fsp3) is 0.107. The quantitative estimate of drug-likeness (QED) is 0.310. The number of rotatable bonds is 9. The molecule has 0 spiro atoms. The normalized spacial score (nSPS) is 11.0. The Bertz CT molecular complexity index is 1340. The van der Waals surface area contributed by atoms with Crippen LogP contribution in [0.15, 0.2) is 97.3 Å². The zero-order chi connectivity index (χ0) is 25.3. The summed E-state index contributed by atoms with van der Waals surface area (Å²) in [5.74, 6) is 2.29. The summed E-state index contributed by atoms with van der Waals surface area (Å²) in [6.07, 6.45) is 4.64. The van der Waals surface area contributed by atoms with Crippen molar-refractivity contribution in [2.24, 2.45) is 0 Å². The number of para-hydroxylation sites is 1. The first-order valence-corrected chi connectivity index (χ1v) is 11.3. The van der Waals surface area contributed by atoms with Gasteiger partial charge in [0.25, 0.3) is 0 Å². The second-order valence-corrected chi connectivity index (χ2v) is 8.16. The van der Waals surface area contributed by atoms with Gasteiger partial charge in [-0.25, -0.2) is 9.97 Å². The van der Waals surface area contributed by atoms with Gasteiger partial charge in [-0.1, -0.05) is 42.5 Å². The lowest BCUT2D eigenvalue weighted by atomic mass is 10.1. The second kappa shape index (κ2) is 11.6. The van der Waals surface area contributed by atoms with Gasteiger partial charge in [0.2, 0.25) is 11.8 Å². The smallest absolute Gasteiger partial charge is 0.248 e. The maximum atomic E-state index is 12.2. The third-order valence-corrected chi connectivity index (χ3v) is 5.02. The molecule has 1 aromatic heterocycles. The average Bonchev–Trinajstić information content (AvgIpc) is 2.86. The highest BCUT2D eigenvalue weighted by atomic mass is 16.5. The summed E-state index contributed by atoms with van der Waals surface area (Å²) < 4.78 is 11.9. The van der Waals surface area contributed by atoms with Crippen LogP contribution in [0.2, 0.25) is 0 Å². The van der Waals surface area contributed by atoms with Crippen molar-refractivity contribution in [3.05, 3.63) is 97.3 Å². The van der Waals surface area contributed by atoms with Gasteiger partial charge < -0.3 is 25.4 Å². The lowest BCUT2D eigenvalue weighted by Crippen LogP contribution is -2.12. The number of nitrogens with two attached hydrogens (primary N) is 1. The molecule has 0 aliphatic carbocycles. The van der Waals surface area contributed by atoms with Gasteiger partial charge in [0.1, 0.15) is 29.4 Å². The molecule has 4 aromatic rings. The molecule has 0 unspecified atom stereocenters. The zero-order valence-corrected chi connectivity index (χ0v) is 20.1. The van der Waals surface area contributed by atoms with E-state index >= 15 is 0 Å². The van der Waals surface area contributed by atoms with Crippen LogP contribution < -0.4 is 20.5 Å². The van der Waals surface area contributed by atoms with Crippen molar-refractivity contribution in [2.75, 3.05) is 31.7 Å². The highest BCUT2D eigenvalue weighted by Crippen LogP contribution is 2.36. The van der Waals surface area contributed by atoms with Crippen LogP contribution in [0.25, 0.3) is 11.1 Å². The minimum absolute atomic E-state index is 0.223. The topological polar surface area (TPSA) is 103 Å². The van der Waals surface area contributed by atoms with Gasteiger partial charge in [-0.05, 0) is 56.1 Å². The first-order chi connectivity index (χ1) is 17.5. The van der Waals surface area contributed by atoms with Crippen molar-refractivity contribution in [2.45, 2.75) is 0 Å². The third-order valence-electron chi connectivity index (χ3n) is 5.02. The number of hydrogen-bond donors (Lipinski definition) is 2. The van der Waals surface area contributed by atoms with Crippen molar-refractivity contribution in [3.63, 3.8) is 0 Å². The number of nitrogens with zero attached hydrogens (tertiary/aromatic N) is 3. The SMILES string of the molecule is CN(C)CC=CC(=O)Nc1cccc(Oc2ncnc(N)c2-c2ccc(Oc3ccccc3)cc2)c1. The number of anilines is 2. The first-order valence-electron chi connectivity index (χ1n) is 11.3. The summed E-state index contributed by atoms with van der Waals surface area (Å²) in [5, 5.41) is 2.83. The van der Waals surface area contributed by atoms with Crippen LogP contribution in [0.3, 0.4) is 0 Å². The fourth-order valence-electron chi connectivity index (χ4n) is 3.35. The Morgan fingerprint density at radius 1 is 0.917 bits per heavy atom. The molecule has 8 heteroatoms. The Balaban J connectivity index is 1.51.